The maximum absolute atomic E-state index is 11.2. The number of hydrogen-bond donors (Lipinski definition) is 2. The molecule has 0 aromatic heterocycles. The van der Waals surface area contributed by atoms with Crippen LogP contribution in [0.4, 0.5) is 4.79 Å². The second kappa shape index (κ2) is 7.75. The molecular weight excluding hydrogens is 264 g/mol. The number of nitrogens with one attached hydrogen (secondary N) is 2. The van der Waals surface area contributed by atoms with Gasteiger partial charge >= 0.3 is 12.1 Å². The molecule has 0 rings (SSSR count). The lowest BCUT2D eigenvalue weighted by molar-refractivity contribution is -0.141. The van der Waals surface area contributed by atoms with Crippen molar-refractivity contribution >= 4 is 29.6 Å². The van der Waals surface area contributed by atoms with Crippen LogP contribution in [-0.2, 0) is 19.1 Å². The van der Waals surface area contributed by atoms with Gasteiger partial charge < -0.3 is 20.1 Å². The summed E-state index contributed by atoms with van der Waals surface area (Å²) in [6.45, 7) is 4.52. The van der Waals surface area contributed by atoms with E-state index in [-0.39, 0.29) is 19.2 Å². The van der Waals surface area contributed by atoms with Crippen LogP contribution in [0.25, 0.3) is 0 Å². The molecule has 0 unspecified atom stereocenters. The normalized spacial score (nSPS) is 10.4. The lowest BCUT2D eigenvalue weighted by Gasteiger charge is -2.19. The van der Waals surface area contributed by atoms with E-state index in [9.17, 15) is 14.4 Å². The van der Waals surface area contributed by atoms with Crippen LogP contribution in [0.1, 0.15) is 20.8 Å². The molecule has 2 N–H and O–H groups in total. The van der Waals surface area contributed by atoms with E-state index in [1.165, 1.54) is 0 Å². The molecule has 0 heterocycles. The molecule has 0 aromatic carbocycles. The lowest BCUT2D eigenvalue weighted by atomic mass is 10.2. The van der Waals surface area contributed by atoms with Crippen LogP contribution in [0.15, 0.2) is 0 Å². The minimum absolute atomic E-state index is 0.273. The smallest absolute Gasteiger partial charge is 0.408 e. The molecule has 104 valence electrons. The second-order valence-corrected chi connectivity index (χ2v) is 4.48. The summed E-state index contributed by atoms with van der Waals surface area (Å²) in [7, 11) is 0. The first-order chi connectivity index (χ1) is 8.24. The van der Waals surface area contributed by atoms with Crippen LogP contribution in [0.3, 0.4) is 0 Å². The summed E-state index contributed by atoms with van der Waals surface area (Å²) in [5.41, 5.74) is -0.634. The van der Waals surface area contributed by atoms with Crippen LogP contribution >= 0.6 is 11.6 Å². The Morgan fingerprint density at radius 1 is 1.11 bits per heavy atom. The van der Waals surface area contributed by atoms with Gasteiger partial charge in [0.15, 0.2) is 6.07 Å². The molecule has 0 bridgehead atoms. The predicted octanol–water partition coefficient (Wildman–Crippen LogP) is 0.367. The van der Waals surface area contributed by atoms with Gasteiger partial charge in [-0.1, -0.05) is 11.6 Å². The van der Waals surface area contributed by atoms with Crippen molar-refractivity contribution in [1.29, 1.82) is 0 Å². The first-order valence-corrected chi connectivity index (χ1v) is 5.73. The van der Waals surface area contributed by atoms with Gasteiger partial charge in [0.1, 0.15) is 18.7 Å². The maximum Gasteiger partial charge on any atom is 0.408 e. The highest BCUT2D eigenvalue weighted by Gasteiger charge is 2.16. The molecule has 7 nitrogen and oxygen atoms in total. The molecule has 18 heavy (non-hydrogen) atoms. The minimum atomic E-state index is -0.707. The van der Waals surface area contributed by atoms with Crippen molar-refractivity contribution in [2.75, 3.05) is 19.2 Å². The maximum atomic E-state index is 11.2. The fourth-order valence-corrected chi connectivity index (χ4v) is 0.933. The van der Waals surface area contributed by atoms with E-state index in [2.05, 4.69) is 15.4 Å². The zero-order valence-corrected chi connectivity index (χ0v) is 11.3. The number of carbonyl (C=O) groups excluding carboxylic acids is 3. The Morgan fingerprint density at radius 3 is 2.22 bits per heavy atom. The van der Waals surface area contributed by atoms with Gasteiger partial charge in [-0.2, -0.15) is 0 Å². The summed E-state index contributed by atoms with van der Waals surface area (Å²) in [5, 5.41) is 4.49. The summed E-state index contributed by atoms with van der Waals surface area (Å²) >= 11 is 5.15. The standard InChI is InChI=1S/C10H17ClN2O5/c1-10(2,3)18-9(16)13-4-7(14)12-5-8(15)17-6-11/h4-6H2,1-3H3,(H,12,14)(H,13,16). The van der Waals surface area contributed by atoms with E-state index >= 15 is 0 Å². The van der Waals surface area contributed by atoms with Gasteiger partial charge in [0.05, 0.1) is 0 Å². The number of rotatable bonds is 5. The van der Waals surface area contributed by atoms with Gasteiger partial charge in [0, 0.05) is 0 Å². The Kier molecular flexibility index (Phi) is 7.11. The van der Waals surface area contributed by atoms with Crippen molar-refractivity contribution in [3.63, 3.8) is 0 Å². The zero-order valence-electron chi connectivity index (χ0n) is 10.5. The van der Waals surface area contributed by atoms with Crippen LogP contribution in [0, 0.1) is 0 Å². The number of halogens is 1. The Labute approximate surface area is 110 Å². The molecule has 0 spiro atoms. The second-order valence-electron chi connectivity index (χ2n) is 4.26. The van der Waals surface area contributed by atoms with E-state index in [0.29, 0.717) is 0 Å². The molecule has 0 aliphatic rings. The summed E-state index contributed by atoms with van der Waals surface area (Å²) in [5.74, 6) is -1.19. The number of alkyl halides is 1. The minimum Gasteiger partial charge on any atom is -0.448 e. The summed E-state index contributed by atoms with van der Waals surface area (Å²) in [6, 6.07) is -0.273. The molecule has 8 heteroatoms. The van der Waals surface area contributed by atoms with E-state index in [1.54, 1.807) is 20.8 Å². The molecular formula is C10H17ClN2O5. The third-order valence-electron chi connectivity index (χ3n) is 1.44. The summed E-state index contributed by atoms with van der Waals surface area (Å²) in [4.78, 5) is 33.2. The van der Waals surface area contributed by atoms with E-state index < -0.39 is 23.6 Å². The average Bonchev–Trinajstić information content (AvgIpc) is 2.21. The first-order valence-electron chi connectivity index (χ1n) is 5.19. The Balaban J connectivity index is 3.77. The highest BCUT2D eigenvalue weighted by atomic mass is 35.5. The lowest BCUT2D eigenvalue weighted by Crippen LogP contribution is -2.41. The van der Waals surface area contributed by atoms with Crippen LogP contribution < -0.4 is 10.6 Å². The van der Waals surface area contributed by atoms with Gasteiger partial charge in [0.25, 0.3) is 0 Å². The average molecular weight is 281 g/mol. The molecule has 0 aromatic rings. The molecule has 0 aliphatic heterocycles. The van der Waals surface area contributed by atoms with E-state index in [0.717, 1.165) is 0 Å². The van der Waals surface area contributed by atoms with Gasteiger partial charge in [-0.05, 0) is 20.8 Å². The molecule has 0 saturated heterocycles. The van der Waals surface area contributed by atoms with Crippen molar-refractivity contribution in [2.45, 2.75) is 26.4 Å². The van der Waals surface area contributed by atoms with Crippen LogP contribution in [0.5, 0.6) is 0 Å². The van der Waals surface area contributed by atoms with Gasteiger partial charge in [0.2, 0.25) is 5.91 Å². The van der Waals surface area contributed by atoms with Crippen molar-refractivity contribution in [3.05, 3.63) is 0 Å². The Bertz CT molecular complexity index is 314. The largest absolute Gasteiger partial charge is 0.448 e. The zero-order chi connectivity index (χ0) is 14.2. The van der Waals surface area contributed by atoms with Gasteiger partial charge in [-0.3, -0.25) is 9.59 Å². The molecule has 0 atom stereocenters. The summed E-state index contributed by atoms with van der Waals surface area (Å²) < 4.78 is 9.30. The number of esters is 1. The predicted molar refractivity (Wildman–Crippen MR) is 64.1 cm³/mol. The van der Waals surface area contributed by atoms with Crippen molar-refractivity contribution in [3.8, 4) is 0 Å². The highest BCUT2D eigenvalue weighted by Crippen LogP contribution is 2.05. The third kappa shape index (κ3) is 9.71. The van der Waals surface area contributed by atoms with Crippen molar-refractivity contribution < 1.29 is 23.9 Å². The van der Waals surface area contributed by atoms with Crippen LogP contribution in [0.2, 0.25) is 0 Å². The summed E-state index contributed by atoms with van der Waals surface area (Å²) in [6.07, 6.45) is -0.707. The molecule has 0 fully saturated rings. The first kappa shape index (κ1) is 16.5. The van der Waals surface area contributed by atoms with Crippen molar-refractivity contribution in [1.82, 2.24) is 10.6 Å². The van der Waals surface area contributed by atoms with Gasteiger partial charge in [-0.25, -0.2) is 4.79 Å². The molecule has 2 amide bonds. The third-order valence-corrected chi connectivity index (χ3v) is 1.55. The SMILES string of the molecule is CC(C)(C)OC(=O)NCC(=O)NCC(=O)OCCl. The van der Waals surface area contributed by atoms with Crippen molar-refractivity contribution in [2.24, 2.45) is 0 Å². The number of hydrogen-bond acceptors (Lipinski definition) is 5. The molecule has 0 radical (unpaired) electrons. The highest BCUT2D eigenvalue weighted by molar-refractivity contribution is 6.17. The van der Waals surface area contributed by atoms with E-state index in [4.69, 9.17) is 16.3 Å². The molecule has 0 saturated carbocycles. The van der Waals surface area contributed by atoms with Gasteiger partial charge in [-0.15, -0.1) is 0 Å². The topological polar surface area (TPSA) is 93.7 Å². The fourth-order valence-electron chi connectivity index (χ4n) is 0.812. The Morgan fingerprint density at radius 2 is 1.72 bits per heavy atom. The number of ether oxygens (including phenoxy) is 2. The Hall–Kier alpha value is -1.50. The number of alkyl carbamates (subject to hydrolysis) is 1. The quantitative estimate of drug-likeness (QED) is 0.560. The monoisotopic (exact) mass is 280 g/mol. The number of carbonyl (C=O) groups is 3. The molecule has 0 aliphatic carbocycles. The van der Waals surface area contributed by atoms with E-state index in [1.807, 2.05) is 0 Å². The number of amides is 2. The fraction of sp³-hybridized carbons (Fsp3) is 0.700. The van der Waals surface area contributed by atoms with Crippen LogP contribution in [-0.4, -0.2) is 42.7 Å².